The first kappa shape index (κ1) is 19.9. The van der Waals surface area contributed by atoms with Gasteiger partial charge in [-0.05, 0) is 30.0 Å². The minimum absolute atomic E-state index is 0.0116. The van der Waals surface area contributed by atoms with Crippen LogP contribution in [0, 0.1) is 11.2 Å². The van der Waals surface area contributed by atoms with Crippen molar-refractivity contribution in [1.29, 1.82) is 0 Å². The van der Waals surface area contributed by atoms with E-state index in [1.165, 1.54) is 12.1 Å². The Balaban J connectivity index is 1.56. The van der Waals surface area contributed by atoms with Crippen molar-refractivity contribution >= 4 is 29.1 Å². The maximum Gasteiger partial charge on any atom is 0.227 e. The zero-order valence-electron chi connectivity index (χ0n) is 16.8. The summed E-state index contributed by atoms with van der Waals surface area (Å²) >= 11 is 5.85. The van der Waals surface area contributed by atoms with Gasteiger partial charge in [-0.15, -0.1) is 0 Å². The molecule has 2 amide bonds. The van der Waals surface area contributed by atoms with Gasteiger partial charge in [-0.25, -0.2) is 4.39 Å². The number of fused-ring (bicyclic) bond motifs is 1. The molecule has 0 radical (unpaired) electrons. The quantitative estimate of drug-likeness (QED) is 0.767. The largest absolute Gasteiger partial charge is 0.332 e. The van der Waals surface area contributed by atoms with Crippen LogP contribution in [0.2, 0.25) is 5.02 Å². The van der Waals surface area contributed by atoms with Crippen LogP contribution in [0.5, 0.6) is 0 Å². The van der Waals surface area contributed by atoms with Crippen molar-refractivity contribution in [3.63, 3.8) is 0 Å². The molecule has 2 aliphatic rings. The van der Waals surface area contributed by atoms with E-state index in [9.17, 15) is 14.0 Å². The fourth-order valence-electron chi connectivity index (χ4n) is 4.17. The molecule has 2 aromatic rings. The molecule has 0 N–H and O–H groups in total. The highest BCUT2D eigenvalue weighted by Gasteiger charge is 2.39. The van der Waals surface area contributed by atoms with Gasteiger partial charge in [0.05, 0.1) is 42.1 Å². The van der Waals surface area contributed by atoms with Crippen LogP contribution in [-0.4, -0.2) is 39.1 Å². The molecule has 0 aliphatic carbocycles. The number of aromatic nitrogens is 2. The highest BCUT2D eigenvalue weighted by molar-refractivity contribution is 6.30. The van der Waals surface area contributed by atoms with Crippen LogP contribution in [-0.2, 0) is 29.1 Å². The van der Waals surface area contributed by atoms with Crippen molar-refractivity contribution in [3.8, 4) is 0 Å². The Labute approximate surface area is 174 Å². The molecule has 1 fully saturated rings. The lowest BCUT2D eigenvalue weighted by atomic mass is 9.93. The molecule has 0 saturated carbocycles. The molecule has 1 aromatic heterocycles. The Morgan fingerprint density at radius 3 is 2.79 bits per heavy atom. The third kappa shape index (κ3) is 3.75. The number of rotatable bonds is 3. The maximum absolute atomic E-state index is 13.4. The van der Waals surface area contributed by atoms with Gasteiger partial charge >= 0.3 is 0 Å². The molecule has 0 spiro atoms. The Morgan fingerprint density at radius 1 is 1.38 bits per heavy atom. The van der Waals surface area contributed by atoms with Gasteiger partial charge in [0.2, 0.25) is 11.8 Å². The number of hydrogen-bond acceptors (Lipinski definition) is 3. The SMILES string of the molecule is C[C@H]1Cn2ncc(N3CC(C)(C)CC3=O)c2CN1C(=O)Cc1ccc(F)c(Cl)c1. The van der Waals surface area contributed by atoms with Gasteiger partial charge in [0.1, 0.15) is 5.82 Å². The van der Waals surface area contributed by atoms with E-state index in [-0.39, 0.29) is 34.7 Å². The van der Waals surface area contributed by atoms with Crippen LogP contribution >= 0.6 is 11.6 Å². The molecule has 0 bridgehead atoms. The van der Waals surface area contributed by atoms with Gasteiger partial charge in [0.15, 0.2) is 0 Å². The fraction of sp³-hybridized carbons (Fsp3) is 0.476. The maximum atomic E-state index is 13.4. The van der Waals surface area contributed by atoms with Crippen molar-refractivity contribution in [2.75, 3.05) is 11.4 Å². The minimum atomic E-state index is -0.499. The van der Waals surface area contributed by atoms with E-state index in [0.29, 0.717) is 31.6 Å². The van der Waals surface area contributed by atoms with Crippen LogP contribution in [0.15, 0.2) is 24.4 Å². The highest BCUT2D eigenvalue weighted by Crippen LogP contribution is 2.36. The second-order valence-corrected chi connectivity index (χ2v) is 9.18. The van der Waals surface area contributed by atoms with Crippen LogP contribution in [0.3, 0.4) is 0 Å². The van der Waals surface area contributed by atoms with Crippen LogP contribution in [0.1, 0.15) is 38.4 Å². The Kier molecular flexibility index (Phi) is 4.89. The van der Waals surface area contributed by atoms with Gasteiger partial charge in [-0.1, -0.05) is 31.5 Å². The molecule has 1 atom stereocenters. The van der Waals surface area contributed by atoms with Crippen LogP contribution < -0.4 is 4.90 Å². The summed E-state index contributed by atoms with van der Waals surface area (Å²) in [5, 5.41) is 4.47. The predicted octanol–water partition coefficient (Wildman–Crippen LogP) is 3.41. The summed E-state index contributed by atoms with van der Waals surface area (Å²) in [6.07, 6.45) is 2.38. The summed E-state index contributed by atoms with van der Waals surface area (Å²) in [6.45, 7) is 7.72. The molecular formula is C21H24ClFN4O2. The first-order valence-electron chi connectivity index (χ1n) is 9.73. The monoisotopic (exact) mass is 418 g/mol. The number of halogens is 2. The Bertz CT molecular complexity index is 987. The van der Waals surface area contributed by atoms with Crippen molar-refractivity contribution in [3.05, 3.63) is 46.5 Å². The van der Waals surface area contributed by atoms with Crippen LogP contribution in [0.25, 0.3) is 0 Å². The standard InChI is InChI=1S/C21H24ClFN4O2/c1-13-10-27-18(17(9-24-27)26-12-21(2,3)8-20(26)29)11-25(13)19(28)7-14-4-5-16(23)15(22)6-14/h4-6,9,13H,7-8,10-12H2,1-3H3/t13-/m0/s1. The second kappa shape index (κ2) is 7.13. The number of carbonyl (C=O) groups is 2. The average Bonchev–Trinajstić information content (AvgIpc) is 3.15. The predicted molar refractivity (Wildman–Crippen MR) is 108 cm³/mol. The smallest absolute Gasteiger partial charge is 0.227 e. The number of nitrogens with zero attached hydrogens (tertiary/aromatic N) is 4. The van der Waals surface area contributed by atoms with Gasteiger partial charge in [-0.2, -0.15) is 5.10 Å². The summed E-state index contributed by atoms with van der Waals surface area (Å²) in [6, 6.07) is 4.31. The van der Waals surface area contributed by atoms with Gasteiger partial charge < -0.3 is 9.80 Å². The lowest BCUT2D eigenvalue weighted by Crippen LogP contribution is -2.46. The summed E-state index contributed by atoms with van der Waals surface area (Å²) in [5.41, 5.74) is 2.25. The Hall–Kier alpha value is -2.41. The zero-order chi connectivity index (χ0) is 20.9. The van der Waals surface area contributed by atoms with E-state index in [4.69, 9.17) is 11.6 Å². The van der Waals surface area contributed by atoms with E-state index in [1.54, 1.807) is 22.1 Å². The van der Waals surface area contributed by atoms with Crippen molar-refractivity contribution in [2.45, 2.75) is 52.7 Å². The molecule has 6 nitrogen and oxygen atoms in total. The fourth-order valence-corrected chi connectivity index (χ4v) is 4.37. The number of anilines is 1. The van der Waals surface area contributed by atoms with Crippen molar-refractivity contribution < 1.29 is 14.0 Å². The van der Waals surface area contributed by atoms with Gasteiger partial charge in [0.25, 0.3) is 0 Å². The van der Waals surface area contributed by atoms with Crippen molar-refractivity contribution in [2.24, 2.45) is 5.41 Å². The summed E-state index contributed by atoms with van der Waals surface area (Å²) in [7, 11) is 0. The lowest BCUT2D eigenvalue weighted by molar-refractivity contribution is -0.134. The molecule has 2 aliphatic heterocycles. The van der Waals surface area contributed by atoms with E-state index < -0.39 is 5.82 Å². The zero-order valence-corrected chi connectivity index (χ0v) is 17.5. The first-order valence-corrected chi connectivity index (χ1v) is 10.1. The summed E-state index contributed by atoms with van der Waals surface area (Å²) < 4.78 is 15.3. The van der Waals surface area contributed by atoms with E-state index in [1.807, 2.05) is 11.6 Å². The second-order valence-electron chi connectivity index (χ2n) is 8.78. The molecule has 154 valence electrons. The van der Waals surface area contributed by atoms with E-state index in [2.05, 4.69) is 18.9 Å². The molecule has 1 saturated heterocycles. The molecule has 1 aromatic carbocycles. The van der Waals surface area contributed by atoms with Crippen molar-refractivity contribution in [1.82, 2.24) is 14.7 Å². The number of hydrogen-bond donors (Lipinski definition) is 0. The molecule has 4 rings (SSSR count). The highest BCUT2D eigenvalue weighted by atomic mass is 35.5. The van der Waals surface area contributed by atoms with E-state index >= 15 is 0 Å². The number of benzene rings is 1. The Morgan fingerprint density at radius 2 is 2.14 bits per heavy atom. The van der Waals surface area contributed by atoms with E-state index in [0.717, 1.165) is 11.4 Å². The first-order chi connectivity index (χ1) is 13.6. The topological polar surface area (TPSA) is 58.4 Å². The molecule has 29 heavy (non-hydrogen) atoms. The van der Waals surface area contributed by atoms with Crippen LogP contribution in [0.4, 0.5) is 10.1 Å². The normalized spacial score (nSPS) is 20.9. The molecule has 3 heterocycles. The third-order valence-corrected chi connectivity index (χ3v) is 5.97. The average molecular weight is 419 g/mol. The van der Waals surface area contributed by atoms with Gasteiger partial charge in [0, 0.05) is 19.0 Å². The third-order valence-electron chi connectivity index (χ3n) is 5.68. The molecule has 0 unspecified atom stereocenters. The number of carbonyl (C=O) groups excluding carboxylic acids is 2. The lowest BCUT2D eigenvalue weighted by Gasteiger charge is -2.35. The number of amides is 2. The minimum Gasteiger partial charge on any atom is -0.332 e. The molecule has 8 heteroatoms. The van der Waals surface area contributed by atoms with Gasteiger partial charge in [-0.3, -0.25) is 14.3 Å². The summed E-state index contributed by atoms with van der Waals surface area (Å²) in [4.78, 5) is 29.1. The summed E-state index contributed by atoms with van der Waals surface area (Å²) in [5.74, 6) is -0.476. The molecular weight excluding hydrogens is 395 g/mol.